The van der Waals surface area contributed by atoms with E-state index in [1.807, 2.05) is 6.08 Å². The van der Waals surface area contributed by atoms with Gasteiger partial charge < -0.3 is 0 Å². The fraction of sp³-hybridized carbons (Fsp3) is 0.812. The Morgan fingerprint density at radius 2 is 1.33 bits per heavy atom. The molecule has 0 saturated heterocycles. The third-order valence-corrected chi connectivity index (χ3v) is 3.19. The molecule has 0 aliphatic rings. The molecule has 0 N–H and O–H groups in total. The van der Waals surface area contributed by atoms with E-state index in [9.17, 15) is 0 Å². The molecular formula is C16H33LiN. The molecule has 103 valence electrons. The second-order valence-corrected chi connectivity index (χ2v) is 4.89. The normalized spacial score (nSPS) is 11.1. The van der Waals surface area contributed by atoms with Gasteiger partial charge in [-0.15, -0.1) is 0 Å². The van der Waals surface area contributed by atoms with Gasteiger partial charge >= 0.3 is 18.9 Å². The van der Waals surface area contributed by atoms with Crippen LogP contribution in [-0.4, -0.2) is 43.4 Å². The Morgan fingerprint density at radius 1 is 0.833 bits per heavy atom. The molecule has 0 rings (SSSR count). The van der Waals surface area contributed by atoms with Crippen molar-refractivity contribution < 1.29 is 0 Å². The van der Waals surface area contributed by atoms with Crippen molar-refractivity contribution in [2.75, 3.05) is 19.6 Å². The number of hydrogen-bond donors (Lipinski definition) is 0. The van der Waals surface area contributed by atoms with E-state index < -0.39 is 0 Å². The van der Waals surface area contributed by atoms with E-state index in [0.717, 1.165) is 6.54 Å². The summed E-state index contributed by atoms with van der Waals surface area (Å²) in [6, 6.07) is 0. The van der Waals surface area contributed by atoms with Gasteiger partial charge in [0.25, 0.3) is 0 Å². The third kappa shape index (κ3) is 14.4. The second-order valence-electron chi connectivity index (χ2n) is 4.89. The van der Waals surface area contributed by atoms with Crippen LogP contribution in [0.25, 0.3) is 0 Å². The van der Waals surface area contributed by atoms with Crippen LogP contribution in [0.3, 0.4) is 0 Å². The summed E-state index contributed by atoms with van der Waals surface area (Å²) < 4.78 is 0. The van der Waals surface area contributed by atoms with Crippen LogP contribution >= 0.6 is 0 Å². The molecular weight excluding hydrogens is 213 g/mol. The molecule has 1 radical (unpaired) electrons. The minimum atomic E-state index is 0. The molecule has 1 nitrogen and oxygen atoms in total. The Kier molecular flexibility index (Phi) is 19.8. The molecule has 0 saturated carbocycles. The second kappa shape index (κ2) is 17.3. The van der Waals surface area contributed by atoms with Gasteiger partial charge in [-0.25, -0.2) is 0 Å². The standard InChI is InChI=1S/C16H32N.Li.H/c1-4-7-10-12-15-17(14-9-6-3)16-13-11-8-5-2;;/h6,9H,3-5,7-8,10-16H2,1-2H3;;. The van der Waals surface area contributed by atoms with Gasteiger partial charge in [-0.05, 0) is 32.9 Å². The summed E-state index contributed by atoms with van der Waals surface area (Å²) in [5, 5.41) is 0. The number of nitrogens with zero attached hydrogens (tertiary/aromatic N) is 1. The Hall–Kier alpha value is 0.297. The van der Waals surface area contributed by atoms with Gasteiger partial charge in [0.05, 0.1) is 0 Å². The predicted octanol–water partition coefficient (Wildman–Crippen LogP) is 4.19. The number of rotatable bonds is 12. The van der Waals surface area contributed by atoms with Crippen molar-refractivity contribution in [1.29, 1.82) is 0 Å². The summed E-state index contributed by atoms with van der Waals surface area (Å²) in [5.41, 5.74) is 0. The van der Waals surface area contributed by atoms with E-state index in [0.29, 0.717) is 0 Å². The summed E-state index contributed by atoms with van der Waals surface area (Å²) in [4.78, 5) is 2.58. The first kappa shape index (κ1) is 20.6. The fourth-order valence-electron chi connectivity index (χ4n) is 2.04. The van der Waals surface area contributed by atoms with E-state index in [-0.39, 0.29) is 18.9 Å². The minimum absolute atomic E-state index is 0. The van der Waals surface area contributed by atoms with Gasteiger partial charge in [0.15, 0.2) is 0 Å². The molecule has 0 aliphatic carbocycles. The molecule has 0 aromatic carbocycles. The molecule has 0 aromatic rings. The molecule has 0 aliphatic heterocycles. The van der Waals surface area contributed by atoms with Crippen LogP contribution in [-0.2, 0) is 0 Å². The summed E-state index contributed by atoms with van der Waals surface area (Å²) in [6.07, 6.45) is 15.0. The molecule has 0 fully saturated rings. The van der Waals surface area contributed by atoms with Crippen molar-refractivity contribution in [2.24, 2.45) is 0 Å². The molecule has 0 amide bonds. The zero-order valence-corrected chi connectivity index (χ0v) is 12.1. The van der Waals surface area contributed by atoms with Crippen LogP contribution in [0.4, 0.5) is 0 Å². The fourth-order valence-corrected chi connectivity index (χ4v) is 2.04. The Balaban J connectivity index is 0. The Morgan fingerprint density at radius 3 is 1.72 bits per heavy atom. The van der Waals surface area contributed by atoms with Crippen LogP contribution in [0.1, 0.15) is 65.2 Å². The number of unbranched alkanes of at least 4 members (excludes halogenated alkanes) is 6. The van der Waals surface area contributed by atoms with Gasteiger partial charge in [0.1, 0.15) is 0 Å². The predicted molar refractivity (Wildman–Crippen MR) is 86.4 cm³/mol. The summed E-state index contributed by atoms with van der Waals surface area (Å²) >= 11 is 0. The van der Waals surface area contributed by atoms with Crippen LogP contribution in [0.5, 0.6) is 0 Å². The molecule has 2 heteroatoms. The summed E-state index contributed by atoms with van der Waals surface area (Å²) in [6.45, 7) is 11.9. The van der Waals surface area contributed by atoms with Crippen molar-refractivity contribution in [3.05, 3.63) is 19.1 Å². The summed E-state index contributed by atoms with van der Waals surface area (Å²) in [7, 11) is 0. The summed E-state index contributed by atoms with van der Waals surface area (Å²) in [5.74, 6) is 0. The SMILES string of the molecule is [CH2]C=CCN(CCCCCC)CCCCCC.[LiH]. The molecule has 0 atom stereocenters. The van der Waals surface area contributed by atoms with Gasteiger partial charge in [-0.1, -0.05) is 64.5 Å². The van der Waals surface area contributed by atoms with E-state index >= 15 is 0 Å². The Bertz CT molecular complexity index is 156. The monoisotopic (exact) mass is 246 g/mol. The van der Waals surface area contributed by atoms with Gasteiger partial charge in [0, 0.05) is 6.54 Å². The van der Waals surface area contributed by atoms with Crippen molar-refractivity contribution in [3.8, 4) is 0 Å². The maximum atomic E-state index is 3.77. The first-order valence-electron chi connectivity index (χ1n) is 7.51. The van der Waals surface area contributed by atoms with E-state index in [2.05, 4.69) is 31.7 Å². The third-order valence-electron chi connectivity index (χ3n) is 3.19. The van der Waals surface area contributed by atoms with Crippen molar-refractivity contribution >= 4 is 18.9 Å². The molecule has 0 heterocycles. The maximum absolute atomic E-state index is 3.77. The zero-order chi connectivity index (χ0) is 12.8. The molecule has 0 bridgehead atoms. The van der Waals surface area contributed by atoms with Crippen LogP contribution in [0.2, 0.25) is 0 Å². The number of hydrogen-bond acceptors (Lipinski definition) is 1. The molecule has 0 aromatic heterocycles. The van der Waals surface area contributed by atoms with E-state index in [1.54, 1.807) is 0 Å². The zero-order valence-electron chi connectivity index (χ0n) is 12.1. The molecule has 18 heavy (non-hydrogen) atoms. The first-order chi connectivity index (χ1) is 8.35. The van der Waals surface area contributed by atoms with Crippen molar-refractivity contribution in [1.82, 2.24) is 4.90 Å². The van der Waals surface area contributed by atoms with Crippen molar-refractivity contribution in [3.63, 3.8) is 0 Å². The van der Waals surface area contributed by atoms with Crippen LogP contribution in [0, 0.1) is 6.92 Å². The van der Waals surface area contributed by atoms with Crippen molar-refractivity contribution in [2.45, 2.75) is 65.2 Å². The van der Waals surface area contributed by atoms with E-state index in [1.165, 1.54) is 64.5 Å². The number of allylic oxidation sites excluding steroid dienone is 1. The van der Waals surface area contributed by atoms with Gasteiger partial charge in [0.2, 0.25) is 0 Å². The van der Waals surface area contributed by atoms with Crippen LogP contribution < -0.4 is 0 Å². The molecule has 0 spiro atoms. The van der Waals surface area contributed by atoms with E-state index in [4.69, 9.17) is 0 Å². The van der Waals surface area contributed by atoms with Gasteiger partial charge in [-0.3, -0.25) is 4.90 Å². The quantitative estimate of drug-likeness (QED) is 0.368. The molecule has 0 unspecified atom stereocenters. The van der Waals surface area contributed by atoms with Gasteiger partial charge in [-0.2, -0.15) is 0 Å². The average molecular weight is 246 g/mol. The first-order valence-corrected chi connectivity index (χ1v) is 7.51. The average Bonchev–Trinajstić information content (AvgIpc) is 2.35. The Labute approximate surface area is 128 Å². The van der Waals surface area contributed by atoms with Crippen LogP contribution in [0.15, 0.2) is 12.2 Å². The topological polar surface area (TPSA) is 3.24 Å².